The molecule has 0 aromatic heterocycles. The molecular weight excluding hydrogens is 231 g/mol. The molecule has 1 nitrogen and oxygen atoms in total. The van der Waals surface area contributed by atoms with Gasteiger partial charge in [0.25, 0.3) is 0 Å². The molecule has 72 valence electrons. The quantitative estimate of drug-likeness (QED) is 0.298. The first-order valence-corrected chi connectivity index (χ1v) is 4.05. The van der Waals surface area contributed by atoms with Crippen LogP contribution in [0.4, 0.5) is 0 Å². The fourth-order valence-electron chi connectivity index (χ4n) is 0.780. The van der Waals surface area contributed by atoms with Crippen molar-refractivity contribution in [3.05, 3.63) is 47.5 Å². The minimum atomic E-state index is 0. The van der Waals surface area contributed by atoms with Crippen molar-refractivity contribution >= 4 is 34.7 Å². The molecule has 0 amide bonds. The van der Waals surface area contributed by atoms with Gasteiger partial charge < -0.3 is 17.1 Å². The molecule has 0 radical (unpaired) electrons. The third-order valence-corrected chi connectivity index (χ3v) is 1.57. The normalized spacial score (nSPS) is 8.36. The Morgan fingerprint density at radius 1 is 1.50 bits per heavy atom. The van der Waals surface area contributed by atoms with Crippen molar-refractivity contribution < 1.29 is 17.1 Å². The Bertz CT molecular complexity index is 249. The van der Waals surface area contributed by atoms with Gasteiger partial charge in [0.2, 0.25) is 0 Å². The molecule has 4 heteroatoms. The maximum Gasteiger partial charge on any atom is 2.00 e. The minimum Gasteiger partial charge on any atom is -1.00 e. The molecule has 0 unspecified atom stereocenters. The van der Waals surface area contributed by atoms with Gasteiger partial charge in [0, 0.05) is 6.61 Å². The second kappa shape index (κ2) is 9.81. The van der Waals surface area contributed by atoms with E-state index in [1.807, 2.05) is 12.1 Å². The summed E-state index contributed by atoms with van der Waals surface area (Å²) in [6.45, 7) is 4.67. The summed E-state index contributed by atoms with van der Waals surface area (Å²) in [6.07, 6.45) is 1.72. The van der Waals surface area contributed by atoms with Crippen LogP contribution in [0.2, 0.25) is 5.02 Å². The summed E-state index contributed by atoms with van der Waals surface area (Å²) in [7, 11) is 0. The summed E-state index contributed by atoms with van der Waals surface area (Å²) in [5.41, 5.74) is 1.00. The van der Waals surface area contributed by atoms with Gasteiger partial charge in [-0.15, -0.1) is 12.1 Å². The van der Waals surface area contributed by atoms with Crippen LogP contribution in [-0.4, -0.2) is 29.7 Å². The predicted octanol–water partition coefficient (Wildman–Crippen LogP) is -0.534. The van der Waals surface area contributed by atoms with Crippen molar-refractivity contribution in [3.63, 3.8) is 0 Å². The number of hydrogen-bond acceptors (Lipinski definition) is 1. The summed E-state index contributed by atoms with van der Waals surface area (Å²) in [5.74, 6) is 0. The Labute approximate surface area is 112 Å². The minimum absolute atomic E-state index is 0. The molecular formula is C10H10Cl2MgO. The van der Waals surface area contributed by atoms with E-state index in [9.17, 15) is 0 Å². The summed E-state index contributed by atoms with van der Waals surface area (Å²) >= 11 is 5.68. The molecule has 0 heterocycles. The Hall–Kier alpha value is 0.266. The van der Waals surface area contributed by atoms with Gasteiger partial charge >= 0.3 is 23.1 Å². The standard InChI is InChI=1S/C10H10ClO.ClH.Mg/c1-2-7-12-8-9-3-5-10(11)6-4-9;;/h2-3,5-6H,1,7-8H2;1H;/q-1;;+2/p-1. The second-order valence-electron chi connectivity index (χ2n) is 2.34. The molecule has 1 rings (SSSR count). The number of benzene rings is 1. The molecule has 0 bridgehead atoms. The monoisotopic (exact) mass is 240 g/mol. The van der Waals surface area contributed by atoms with Crippen LogP contribution in [0.3, 0.4) is 0 Å². The Morgan fingerprint density at radius 2 is 2.21 bits per heavy atom. The first-order chi connectivity index (χ1) is 5.83. The van der Waals surface area contributed by atoms with Crippen LogP contribution in [0.1, 0.15) is 5.56 Å². The van der Waals surface area contributed by atoms with Crippen LogP contribution in [-0.2, 0) is 11.3 Å². The molecule has 0 atom stereocenters. The fourth-order valence-corrected chi connectivity index (χ4v) is 0.898. The molecule has 0 N–H and O–H groups in total. The van der Waals surface area contributed by atoms with E-state index in [1.165, 1.54) is 0 Å². The Balaban J connectivity index is 0. The van der Waals surface area contributed by atoms with Crippen LogP contribution in [0, 0.1) is 6.07 Å². The van der Waals surface area contributed by atoms with Crippen molar-refractivity contribution in [3.8, 4) is 0 Å². The second-order valence-corrected chi connectivity index (χ2v) is 2.77. The smallest absolute Gasteiger partial charge is 1.00 e. The van der Waals surface area contributed by atoms with Crippen molar-refractivity contribution in [2.24, 2.45) is 0 Å². The zero-order valence-electron chi connectivity index (χ0n) is 7.80. The number of halogens is 2. The predicted molar refractivity (Wildman–Crippen MR) is 55.9 cm³/mol. The zero-order chi connectivity index (χ0) is 8.81. The van der Waals surface area contributed by atoms with Gasteiger partial charge in [-0.25, -0.2) is 0 Å². The SMILES string of the molecule is C=CCOCc1[c-]cc(Cl)cc1.[Cl-].[Mg+2]. The largest absolute Gasteiger partial charge is 2.00 e. The molecule has 0 saturated carbocycles. The molecule has 0 aliphatic carbocycles. The fraction of sp³-hybridized carbons (Fsp3) is 0.200. The third kappa shape index (κ3) is 6.68. The number of ether oxygens (including phenoxy) is 1. The van der Waals surface area contributed by atoms with Gasteiger partial charge in [-0.1, -0.05) is 11.1 Å². The summed E-state index contributed by atoms with van der Waals surface area (Å²) in [6, 6.07) is 8.45. The molecule has 0 aliphatic rings. The van der Waals surface area contributed by atoms with E-state index in [0.717, 1.165) is 5.56 Å². The summed E-state index contributed by atoms with van der Waals surface area (Å²) in [4.78, 5) is 0. The van der Waals surface area contributed by atoms with Gasteiger partial charge in [0.05, 0.1) is 6.61 Å². The number of rotatable bonds is 4. The van der Waals surface area contributed by atoms with Crippen LogP contribution >= 0.6 is 11.6 Å². The molecule has 1 aromatic rings. The van der Waals surface area contributed by atoms with Crippen LogP contribution < -0.4 is 12.4 Å². The third-order valence-electron chi connectivity index (χ3n) is 1.33. The average Bonchev–Trinajstić information content (AvgIpc) is 2.09. The van der Waals surface area contributed by atoms with E-state index < -0.39 is 0 Å². The molecule has 0 saturated heterocycles. The van der Waals surface area contributed by atoms with Crippen LogP contribution in [0.25, 0.3) is 0 Å². The topological polar surface area (TPSA) is 9.23 Å². The summed E-state index contributed by atoms with van der Waals surface area (Å²) < 4.78 is 5.22. The summed E-state index contributed by atoms with van der Waals surface area (Å²) in [5, 5.41) is 0.697. The zero-order valence-corrected chi connectivity index (χ0v) is 10.7. The van der Waals surface area contributed by atoms with Gasteiger partial charge in [-0.2, -0.15) is 35.9 Å². The molecule has 0 fully saturated rings. The van der Waals surface area contributed by atoms with Crippen molar-refractivity contribution in [1.82, 2.24) is 0 Å². The molecule has 0 spiro atoms. The molecule has 1 aromatic carbocycles. The maximum atomic E-state index is 5.68. The van der Waals surface area contributed by atoms with Gasteiger partial charge in [0.1, 0.15) is 0 Å². The first-order valence-electron chi connectivity index (χ1n) is 3.67. The van der Waals surface area contributed by atoms with E-state index in [2.05, 4.69) is 12.6 Å². The van der Waals surface area contributed by atoms with E-state index in [4.69, 9.17) is 16.3 Å². The maximum absolute atomic E-state index is 5.68. The molecule has 14 heavy (non-hydrogen) atoms. The van der Waals surface area contributed by atoms with Gasteiger partial charge in [0.15, 0.2) is 0 Å². The number of hydrogen-bond donors (Lipinski definition) is 0. The first kappa shape index (κ1) is 16.7. The van der Waals surface area contributed by atoms with Crippen molar-refractivity contribution in [2.75, 3.05) is 6.61 Å². The van der Waals surface area contributed by atoms with Crippen molar-refractivity contribution in [1.29, 1.82) is 0 Å². The molecule has 0 aliphatic heterocycles. The Morgan fingerprint density at radius 3 is 2.71 bits per heavy atom. The van der Waals surface area contributed by atoms with Crippen LogP contribution in [0.5, 0.6) is 0 Å². The van der Waals surface area contributed by atoms with E-state index in [-0.39, 0.29) is 35.5 Å². The van der Waals surface area contributed by atoms with Crippen molar-refractivity contribution in [2.45, 2.75) is 6.61 Å². The Kier molecular flexibility index (Phi) is 11.7. The van der Waals surface area contributed by atoms with E-state index in [1.54, 1.807) is 12.1 Å². The van der Waals surface area contributed by atoms with Crippen LogP contribution in [0.15, 0.2) is 30.9 Å². The average molecular weight is 241 g/mol. The van der Waals surface area contributed by atoms with E-state index >= 15 is 0 Å². The van der Waals surface area contributed by atoms with Gasteiger partial charge in [-0.05, 0) is 0 Å². The van der Waals surface area contributed by atoms with E-state index in [0.29, 0.717) is 18.2 Å². The van der Waals surface area contributed by atoms with Gasteiger partial charge in [-0.3, -0.25) is 0 Å².